The molecule has 0 saturated heterocycles. The summed E-state index contributed by atoms with van der Waals surface area (Å²) in [7, 11) is -3.78. The number of hydrogen-bond donors (Lipinski definition) is 2. The molecule has 0 fully saturated rings. The smallest absolute Gasteiger partial charge is 0.238 e. The highest BCUT2D eigenvalue weighted by Crippen LogP contribution is 2.30. The van der Waals surface area contributed by atoms with Crippen molar-refractivity contribution in [1.29, 1.82) is 0 Å². The number of nitrogens with two attached hydrogens (primary N) is 1. The summed E-state index contributed by atoms with van der Waals surface area (Å²) in [5.74, 6) is -0.834. The number of nitrogens with zero attached hydrogens (tertiary/aromatic N) is 1. The lowest BCUT2D eigenvalue weighted by molar-refractivity contribution is -0.116. The van der Waals surface area contributed by atoms with Gasteiger partial charge in [0.2, 0.25) is 15.9 Å². The maximum absolute atomic E-state index is 13.8. The quantitative estimate of drug-likeness (QED) is 0.745. The van der Waals surface area contributed by atoms with Gasteiger partial charge in [-0.2, -0.15) is 0 Å². The molecule has 0 radical (unpaired) electrons. The molecule has 6 nitrogen and oxygen atoms in total. The number of anilines is 2. The minimum atomic E-state index is -3.78. The Hall–Kier alpha value is -1.97. The minimum Gasteiger partial charge on any atom is -0.370 e. The monoisotopic (exact) mass is 441 g/mol. The second-order valence-corrected chi connectivity index (χ2v) is 8.47. The van der Waals surface area contributed by atoms with Crippen LogP contribution in [0.25, 0.3) is 0 Å². The second-order valence-electron chi connectivity index (χ2n) is 5.99. The van der Waals surface area contributed by atoms with Crippen LogP contribution < -0.4 is 15.4 Å². The first-order valence-corrected chi connectivity index (χ1v) is 10.2. The molecule has 1 heterocycles. The van der Waals surface area contributed by atoms with Crippen LogP contribution >= 0.6 is 15.9 Å². The molecule has 1 aliphatic rings. The fourth-order valence-electron chi connectivity index (χ4n) is 2.87. The van der Waals surface area contributed by atoms with Gasteiger partial charge >= 0.3 is 0 Å². The molecule has 3 N–H and O–H groups in total. The lowest BCUT2D eigenvalue weighted by atomic mass is 10.2. The molecular formula is C17H17BrFN3O3S. The Morgan fingerprint density at radius 2 is 2.04 bits per heavy atom. The van der Waals surface area contributed by atoms with Gasteiger partial charge in [0, 0.05) is 29.7 Å². The predicted octanol–water partition coefficient (Wildman–Crippen LogP) is 2.63. The summed E-state index contributed by atoms with van der Waals surface area (Å²) in [5.41, 5.74) is 1.90. The van der Waals surface area contributed by atoms with Gasteiger partial charge in [-0.05, 0) is 42.3 Å². The molecule has 2 aromatic rings. The van der Waals surface area contributed by atoms with Gasteiger partial charge in [0.1, 0.15) is 5.82 Å². The summed E-state index contributed by atoms with van der Waals surface area (Å²) in [6.45, 7) is 1.08. The van der Waals surface area contributed by atoms with Gasteiger partial charge in [0.15, 0.2) is 0 Å². The Morgan fingerprint density at radius 3 is 2.73 bits per heavy atom. The molecule has 0 aliphatic carbocycles. The SMILES string of the molecule is NS(=O)(=O)c1ccc2c(c1)N(CCC(=O)Nc1ccc(Br)cc1F)CC2. The number of carbonyl (C=O) groups is 1. The van der Waals surface area contributed by atoms with Crippen LogP contribution in [0, 0.1) is 5.82 Å². The number of sulfonamides is 1. The maximum Gasteiger partial charge on any atom is 0.238 e. The van der Waals surface area contributed by atoms with E-state index in [9.17, 15) is 17.6 Å². The normalized spacial score (nSPS) is 13.6. The van der Waals surface area contributed by atoms with Gasteiger partial charge in [0.05, 0.1) is 10.6 Å². The van der Waals surface area contributed by atoms with Crippen molar-refractivity contribution in [3.05, 3.63) is 52.3 Å². The molecule has 2 aromatic carbocycles. The van der Waals surface area contributed by atoms with Crippen LogP contribution in [0.15, 0.2) is 45.8 Å². The fourth-order valence-corrected chi connectivity index (χ4v) is 3.74. The highest BCUT2D eigenvalue weighted by atomic mass is 79.9. The zero-order valence-electron chi connectivity index (χ0n) is 13.7. The Morgan fingerprint density at radius 1 is 1.27 bits per heavy atom. The number of rotatable bonds is 5. The van der Waals surface area contributed by atoms with E-state index in [0.717, 1.165) is 17.7 Å². The standard InChI is InChI=1S/C17H17BrFN3O3S/c18-12-2-4-15(14(19)9-12)21-17(23)6-8-22-7-5-11-1-3-13(10-16(11)22)26(20,24)25/h1-4,9-10H,5-8H2,(H,21,23)(H2,20,24,25). The largest absolute Gasteiger partial charge is 0.370 e. The van der Waals surface area contributed by atoms with Gasteiger partial charge in [-0.3, -0.25) is 4.79 Å². The lowest BCUT2D eigenvalue weighted by Gasteiger charge is -2.19. The van der Waals surface area contributed by atoms with E-state index in [1.54, 1.807) is 12.1 Å². The molecule has 0 spiro atoms. The van der Waals surface area contributed by atoms with Gasteiger partial charge in [-0.25, -0.2) is 17.9 Å². The predicted molar refractivity (Wildman–Crippen MR) is 101 cm³/mol. The molecule has 0 atom stereocenters. The number of carbonyl (C=O) groups excluding carboxylic acids is 1. The van der Waals surface area contributed by atoms with Crippen LogP contribution in [0.1, 0.15) is 12.0 Å². The van der Waals surface area contributed by atoms with Crippen molar-refractivity contribution in [1.82, 2.24) is 0 Å². The first-order valence-electron chi connectivity index (χ1n) is 7.89. The fraction of sp³-hybridized carbons (Fsp3) is 0.235. The Kier molecular flexibility index (Phi) is 5.31. The average Bonchev–Trinajstić information content (AvgIpc) is 2.97. The van der Waals surface area contributed by atoms with E-state index >= 15 is 0 Å². The summed E-state index contributed by atoms with van der Waals surface area (Å²) in [6, 6.07) is 9.17. The molecule has 0 aromatic heterocycles. The van der Waals surface area contributed by atoms with Crippen LogP contribution in [-0.2, 0) is 21.2 Å². The van der Waals surface area contributed by atoms with E-state index in [0.29, 0.717) is 17.6 Å². The molecule has 0 unspecified atom stereocenters. The van der Waals surface area contributed by atoms with E-state index in [1.165, 1.54) is 24.3 Å². The second kappa shape index (κ2) is 7.34. The number of fused-ring (bicyclic) bond motifs is 1. The van der Waals surface area contributed by atoms with Crippen molar-refractivity contribution in [3.8, 4) is 0 Å². The highest BCUT2D eigenvalue weighted by Gasteiger charge is 2.22. The lowest BCUT2D eigenvalue weighted by Crippen LogP contribution is -2.26. The van der Waals surface area contributed by atoms with Crippen LogP contribution in [0.5, 0.6) is 0 Å². The molecule has 1 aliphatic heterocycles. The number of benzene rings is 2. The van der Waals surface area contributed by atoms with Crippen molar-refractivity contribution < 1.29 is 17.6 Å². The molecule has 138 valence electrons. The molecular weight excluding hydrogens is 425 g/mol. The third kappa shape index (κ3) is 4.22. The van der Waals surface area contributed by atoms with Crippen molar-refractivity contribution in [3.63, 3.8) is 0 Å². The first-order chi connectivity index (χ1) is 12.2. The molecule has 1 amide bonds. The van der Waals surface area contributed by atoms with Gasteiger partial charge < -0.3 is 10.2 Å². The summed E-state index contributed by atoms with van der Waals surface area (Å²) in [6.07, 6.45) is 0.914. The Labute approximate surface area is 159 Å². The molecule has 9 heteroatoms. The van der Waals surface area contributed by atoms with Crippen LogP contribution in [0.4, 0.5) is 15.8 Å². The zero-order chi connectivity index (χ0) is 18.9. The van der Waals surface area contributed by atoms with Crippen molar-refractivity contribution in [2.24, 2.45) is 5.14 Å². The van der Waals surface area contributed by atoms with Gasteiger partial charge in [-0.15, -0.1) is 0 Å². The van der Waals surface area contributed by atoms with Crippen molar-refractivity contribution in [2.75, 3.05) is 23.3 Å². The Bertz CT molecular complexity index is 966. The van der Waals surface area contributed by atoms with Gasteiger partial charge in [0.25, 0.3) is 0 Å². The number of halogens is 2. The van der Waals surface area contributed by atoms with Crippen molar-refractivity contribution >= 4 is 43.2 Å². The third-order valence-electron chi connectivity index (χ3n) is 4.19. The summed E-state index contributed by atoms with van der Waals surface area (Å²) in [5, 5.41) is 7.72. The number of hydrogen-bond acceptors (Lipinski definition) is 4. The maximum atomic E-state index is 13.8. The van der Waals surface area contributed by atoms with Crippen molar-refractivity contribution in [2.45, 2.75) is 17.7 Å². The van der Waals surface area contributed by atoms with Crippen LogP contribution in [-0.4, -0.2) is 27.4 Å². The van der Waals surface area contributed by atoms with E-state index in [4.69, 9.17) is 5.14 Å². The number of primary sulfonamides is 1. The number of amides is 1. The van der Waals surface area contributed by atoms with E-state index in [1.807, 2.05) is 4.90 Å². The van der Waals surface area contributed by atoms with E-state index in [2.05, 4.69) is 21.2 Å². The van der Waals surface area contributed by atoms with Crippen LogP contribution in [0.3, 0.4) is 0 Å². The third-order valence-corrected chi connectivity index (χ3v) is 5.60. The number of nitrogens with one attached hydrogen (secondary N) is 1. The first kappa shape index (κ1) is 18.8. The molecule has 0 bridgehead atoms. The van der Waals surface area contributed by atoms with Crippen LogP contribution in [0.2, 0.25) is 0 Å². The molecule has 26 heavy (non-hydrogen) atoms. The summed E-state index contributed by atoms with van der Waals surface area (Å²) in [4.78, 5) is 14.1. The van der Waals surface area contributed by atoms with Gasteiger partial charge in [-0.1, -0.05) is 22.0 Å². The topological polar surface area (TPSA) is 92.5 Å². The summed E-state index contributed by atoms with van der Waals surface area (Å²) < 4.78 is 37.4. The Balaban J connectivity index is 1.65. The summed E-state index contributed by atoms with van der Waals surface area (Å²) >= 11 is 3.16. The molecule has 0 saturated carbocycles. The molecule has 3 rings (SSSR count). The average molecular weight is 442 g/mol. The van der Waals surface area contributed by atoms with E-state index in [-0.39, 0.29) is 22.9 Å². The van der Waals surface area contributed by atoms with E-state index < -0.39 is 15.8 Å². The zero-order valence-corrected chi connectivity index (χ0v) is 16.1. The highest BCUT2D eigenvalue weighted by molar-refractivity contribution is 9.10. The minimum absolute atomic E-state index is 0.0459.